The number of morpholine rings is 1. The van der Waals surface area contributed by atoms with Crippen LogP contribution in [-0.4, -0.2) is 43.7 Å². The Labute approximate surface area is 134 Å². The van der Waals surface area contributed by atoms with E-state index < -0.39 is 12.2 Å². The molecule has 0 spiro atoms. The fourth-order valence-corrected chi connectivity index (χ4v) is 2.24. The highest BCUT2D eigenvalue weighted by Crippen LogP contribution is 2.32. The van der Waals surface area contributed by atoms with Gasteiger partial charge in [0.15, 0.2) is 6.10 Å². The third-order valence-corrected chi connectivity index (χ3v) is 3.40. The highest BCUT2D eigenvalue weighted by Gasteiger charge is 2.25. The Balaban J connectivity index is 0.00000176. The number of fused-ring (bicyclic) bond motifs is 1. The van der Waals surface area contributed by atoms with Gasteiger partial charge in [-0.3, -0.25) is 9.59 Å². The summed E-state index contributed by atoms with van der Waals surface area (Å²) in [6, 6.07) is 5.13. The van der Waals surface area contributed by atoms with E-state index in [-0.39, 0.29) is 24.2 Å². The number of carbonyl (C=O) groups excluding carboxylic acids is 2. The highest BCUT2D eigenvalue weighted by molar-refractivity contribution is 5.99. The third-order valence-electron chi connectivity index (χ3n) is 3.40. The molecule has 3 N–H and O–H groups in total. The smallest absolute Gasteiger partial charge is 0.265 e. The van der Waals surface area contributed by atoms with Crippen LogP contribution in [0.3, 0.4) is 0 Å². The first-order valence-corrected chi connectivity index (χ1v) is 6.88. The largest absolute Gasteiger partial charge is 0.479 e. The van der Waals surface area contributed by atoms with E-state index in [1.807, 2.05) is 0 Å². The summed E-state index contributed by atoms with van der Waals surface area (Å²) in [6.07, 6.45) is -1.01. The van der Waals surface area contributed by atoms with Gasteiger partial charge in [-0.2, -0.15) is 0 Å². The molecule has 22 heavy (non-hydrogen) atoms. The van der Waals surface area contributed by atoms with E-state index in [1.165, 1.54) is 0 Å². The molecule has 2 heterocycles. The number of nitrogens with one attached hydrogen (secondary N) is 3. The molecule has 7 nitrogen and oxygen atoms in total. The molecular weight excluding hydrogens is 310 g/mol. The van der Waals surface area contributed by atoms with E-state index in [2.05, 4.69) is 16.0 Å². The van der Waals surface area contributed by atoms with Crippen molar-refractivity contribution >= 4 is 35.6 Å². The number of carbonyl (C=O) groups is 2. The molecular formula is C14H18ClN3O4. The lowest BCUT2D eigenvalue weighted by Gasteiger charge is -2.25. The Morgan fingerprint density at radius 1 is 1.41 bits per heavy atom. The minimum atomic E-state index is -0.514. The first-order chi connectivity index (χ1) is 10.1. The molecule has 120 valence electrons. The first-order valence-electron chi connectivity index (χ1n) is 6.88. The van der Waals surface area contributed by atoms with Crippen molar-refractivity contribution in [3.8, 4) is 5.75 Å². The zero-order valence-corrected chi connectivity index (χ0v) is 12.9. The van der Waals surface area contributed by atoms with Crippen LogP contribution in [0.25, 0.3) is 0 Å². The summed E-state index contributed by atoms with van der Waals surface area (Å²) in [6.45, 7) is 3.45. The Hall–Kier alpha value is -1.83. The van der Waals surface area contributed by atoms with E-state index >= 15 is 0 Å². The maximum Gasteiger partial charge on any atom is 0.265 e. The van der Waals surface area contributed by atoms with Crippen LogP contribution in [0.15, 0.2) is 18.2 Å². The topological polar surface area (TPSA) is 88.7 Å². The highest BCUT2D eigenvalue weighted by atomic mass is 35.5. The number of anilines is 2. The van der Waals surface area contributed by atoms with Crippen LogP contribution >= 0.6 is 12.4 Å². The predicted molar refractivity (Wildman–Crippen MR) is 83.6 cm³/mol. The van der Waals surface area contributed by atoms with Gasteiger partial charge in [-0.15, -0.1) is 12.4 Å². The summed E-state index contributed by atoms with van der Waals surface area (Å²) < 4.78 is 10.8. The van der Waals surface area contributed by atoms with Gasteiger partial charge < -0.3 is 25.4 Å². The number of rotatable bonds is 2. The number of hydrogen-bond acceptors (Lipinski definition) is 5. The lowest BCUT2D eigenvalue weighted by Crippen LogP contribution is -2.45. The van der Waals surface area contributed by atoms with E-state index in [0.29, 0.717) is 30.3 Å². The van der Waals surface area contributed by atoms with Gasteiger partial charge in [0.05, 0.1) is 12.3 Å². The van der Waals surface area contributed by atoms with Crippen LogP contribution in [0.4, 0.5) is 11.4 Å². The molecule has 2 atom stereocenters. The Kier molecular flexibility index (Phi) is 5.23. The second kappa shape index (κ2) is 6.95. The summed E-state index contributed by atoms with van der Waals surface area (Å²) in [7, 11) is 0. The zero-order valence-electron chi connectivity index (χ0n) is 12.0. The summed E-state index contributed by atoms with van der Waals surface area (Å²) >= 11 is 0. The van der Waals surface area contributed by atoms with Gasteiger partial charge in [0, 0.05) is 18.8 Å². The fourth-order valence-electron chi connectivity index (χ4n) is 2.24. The van der Waals surface area contributed by atoms with E-state index in [0.717, 1.165) is 6.54 Å². The van der Waals surface area contributed by atoms with Crippen molar-refractivity contribution in [3.05, 3.63) is 18.2 Å². The molecule has 0 saturated carbocycles. The third kappa shape index (κ3) is 3.49. The molecule has 1 aromatic rings. The molecule has 2 unspecified atom stereocenters. The minimum Gasteiger partial charge on any atom is -0.479 e. The molecule has 0 bridgehead atoms. The van der Waals surface area contributed by atoms with Crippen LogP contribution in [0, 0.1) is 0 Å². The first kappa shape index (κ1) is 16.5. The van der Waals surface area contributed by atoms with Crippen molar-refractivity contribution in [2.24, 2.45) is 0 Å². The number of amides is 2. The molecule has 2 amide bonds. The van der Waals surface area contributed by atoms with Crippen LogP contribution in [0.1, 0.15) is 6.92 Å². The van der Waals surface area contributed by atoms with Gasteiger partial charge in [-0.25, -0.2) is 0 Å². The van der Waals surface area contributed by atoms with Crippen molar-refractivity contribution in [3.63, 3.8) is 0 Å². The van der Waals surface area contributed by atoms with Crippen molar-refractivity contribution in [2.45, 2.75) is 19.1 Å². The lowest BCUT2D eigenvalue weighted by molar-refractivity contribution is -0.128. The molecule has 1 aromatic carbocycles. The zero-order chi connectivity index (χ0) is 14.8. The predicted octanol–water partition coefficient (Wildman–Crippen LogP) is 0.755. The van der Waals surface area contributed by atoms with Crippen LogP contribution < -0.4 is 20.7 Å². The Bertz CT molecular complexity index is 575. The fraction of sp³-hybridized carbons (Fsp3) is 0.429. The lowest BCUT2D eigenvalue weighted by atomic mass is 10.2. The monoisotopic (exact) mass is 327 g/mol. The van der Waals surface area contributed by atoms with Gasteiger partial charge in [-0.1, -0.05) is 0 Å². The van der Waals surface area contributed by atoms with Crippen LogP contribution in [0.2, 0.25) is 0 Å². The van der Waals surface area contributed by atoms with Crippen LogP contribution in [-0.2, 0) is 14.3 Å². The second-order valence-electron chi connectivity index (χ2n) is 5.01. The van der Waals surface area contributed by atoms with Gasteiger partial charge >= 0.3 is 0 Å². The van der Waals surface area contributed by atoms with Crippen molar-refractivity contribution in [2.75, 3.05) is 30.3 Å². The molecule has 1 fully saturated rings. The van der Waals surface area contributed by atoms with E-state index in [1.54, 1.807) is 25.1 Å². The van der Waals surface area contributed by atoms with Crippen molar-refractivity contribution in [1.29, 1.82) is 0 Å². The number of ether oxygens (including phenoxy) is 2. The van der Waals surface area contributed by atoms with Gasteiger partial charge in [0.25, 0.3) is 11.8 Å². The standard InChI is InChI=1S/C14H17N3O4.ClH/c1-8-13(18)17-10-6-9(2-3-11(10)21-8)16-14(19)12-7-15-4-5-20-12;/h2-3,6,8,12,15H,4-5,7H2,1H3,(H,16,19)(H,17,18);1H. The molecule has 0 aliphatic carbocycles. The molecule has 2 aliphatic heterocycles. The number of benzene rings is 1. The average Bonchev–Trinajstić information content (AvgIpc) is 2.49. The van der Waals surface area contributed by atoms with Crippen molar-refractivity contribution < 1.29 is 19.1 Å². The van der Waals surface area contributed by atoms with Gasteiger partial charge in [0.1, 0.15) is 11.9 Å². The van der Waals surface area contributed by atoms with Gasteiger partial charge in [0.2, 0.25) is 0 Å². The molecule has 3 rings (SSSR count). The second-order valence-corrected chi connectivity index (χ2v) is 5.01. The minimum absolute atomic E-state index is 0. The Morgan fingerprint density at radius 3 is 2.95 bits per heavy atom. The van der Waals surface area contributed by atoms with Crippen LogP contribution in [0.5, 0.6) is 5.75 Å². The molecule has 8 heteroatoms. The number of hydrogen-bond donors (Lipinski definition) is 3. The Morgan fingerprint density at radius 2 is 2.23 bits per heavy atom. The quantitative estimate of drug-likeness (QED) is 0.746. The molecule has 1 saturated heterocycles. The normalized spacial score (nSPS) is 23.4. The van der Waals surface area contributed by atoms with E-state index in [9.17, 15) is 9.59 Å². The summed E-state index contributed by atoms with van der Waals surface area (Å²) in [5.41, 5.74) is 1.14. The molecule has 0 aromatic heterocycles. The maximum atomic E-state index is 12.1. The summed E-state index contributed by atoms with van der Waals surface area (Å²) in [5.74, 6) is 0.181. The molecule has 0 radical (unpaired) electrons. The maximum absolute atomic E-state index is 12.1. The van der Waals surface area contributed by atoms with Crippen molar-refractivity contribution in [1.82, 2.24) is 5.32 Å². The number of halogens is 1. The molecule has 2 aliphatic rings. The SMILES string of the molecule is CC1Oc2ccc(NC(=O)C3CNCCO3)cc2NC1=O.Cl. The average molecular weight is 328 g/mol. The summed E-state index contributed by atoms with van der Waals surface area (Å²) in [4.78, 5) is 23.6. The van der Waals surface area contributed by atoms with E-state index in [4.69, 9.17) is 9.47 Å². The van der Waals surface area contributed by atoms with Gasteiger partial charge in [-0.05, 0) is 25.1 Å². The summed E-state index contributed by atoms with van der Waals surface area (Å²) in [5, 5.41) is 8.62.